The molecule has 0 atom stereocenters. The molecule has 23 heavy (non-hydrogen) atoms. The SMILES string of the molecule is c1ccc(CN2CCCN(c3cnccn3)CCOCC2)cc1. The highest BCUT2D eigenvalue weighted by atomic mass is 16.5. The van der Waals surface area contributed by atoms with Gasteiger partial charge in [-0.1, -0.05) is 30.3 Å². The van der Waals surface area contributed by atoms with Gasteiger partial charge in [-0.15, -0.1) is 0 Å². The van der Waals surface area contributed by atoms with Gasteiger partial charge in [0.25, 0.3) is 0 Å². The predicted octanol–water partition coefficient (Wildman–Crippen LogP) is 2.21. The van der Waals surface area contributed by atoms with Crippen LogP contribution in [0.15, 0.2) is 48.9 Å². The lowest BCUT2D eigenvalue weighted by Gasteiger charge is -2.28. The quantitative estimate of drug-likeness (QED) is 0.869. The summed E-state index contributed by atoms with van der Waals surface area (Å²) in [6, 6.07) is 10.6. The second-order valence-electron chi connectivity index (χ2n) is 5.78. The van der Waals surface area contributed by atoms with E-state index in [-0.39, 0.29) is 0 Å². The lowest BCUT2D eigenvalue weighted by Crippen LogP contribution is -2.36. The molecule has 0 N–H and O–H groups in total. The molecule has 1 aliphatic rings. The van der Waals surface area contributed by atoms with Crippen LogP contribution in [0, 0.1) is 0 Å². The van der Waals surface area contributed by atoms with Crippen molar-refractivity contribution in [3.8, 4) is 0 Å². The molecule has 0 aliphatic carbocycles. The molecule has 1 aromatic heterocycles. The Morgan fingerprint density at radius 1 is 0.957 bits per heavy atom. The largest absolute Gasteiger partial charge is 0.378 e. The summed E-state index contributed by atoms with van der Waals surface area (Å²) < 4.78 is 5.80. The van der Waals surface area contributed by atoms with Gasteiger partial charge in [0.1, 0.15) is 5.82 Å². The van der Waals surface area contributed by atoms with Crippen molar-refractivity contribution < 1.29 is 4.74 Å². The average molecular weight is 312 g/mol. The fourth-order valence-electron chi connectivity index (χ4n) is 2.86. The summed E-state index contributed by atoms with van der Waals surface area (Å²) in [5.74, 6) is 0.936. The highest BCUT2D eigenvalue weighted by Gasteiger charge is 2.12. The highest BCUT2D eigenvalue weighted by Crippen LogP contribution is 2.11. The van der Waals surface area contributed by atoms with Crippen LogP contribution < -0.4 is 4.90 Å². The van der Waals surface area contributed by atoms with Gasteiger partial charge in [-0.2, -0.15) is 0 Å². The number of hydrogen-bond donors (Lipinski definition) is 0. The third-order valence-corrected chi connectivity index (χ3v) is 4.08. The van der Waals surface area contributed by atoms with Gasteiger partial charge < -0.3 is 9.64 Å². The Bertz CT molecular complexity index is 564. The molecule has 1 aliphatic heterocycles. The lowest BCUT2D eigenvalue weighted by atomic mass is 10.2. The van der Waals surface area contributed by atoms with Crippen LogP contribution >= 0.6 is 0 Å². The van der Waals surface area contributed by atoms with Crippen molar-refractivity contribution in [1.82, 2.24) is 14.9 Å². The van der Waals surface area contributed by atoms with E-state index in [0.717, 1.165) is 58.2 Å². The molecule has 0 bridgehead atoms. The van der Waals surface area contributed by atoms with Crippen molar-refractivity contribution in [3.05, 3.63) is 54.5 Å². The molecule has 1 aromatic carbocycles. The van der Waals surface area contributed by atoms with Crippen LogP contribution in [-0.4, -0.2) is 54.3 Å². The summed E-state index contributed by atoms with van der Waals surface area (Å²) in [7, 11) is 0. The fraction of sp³-hybridized carbons (Fsp3) is 0.444. The maximum Gasteiger partial charge on any atom is 0.147 e. The van der Waals surface area contributed by atoms with Crippen molar-refractivity contribution in [2.45, 2.75) is 13.0 Å². The van der Waals surface area contributed by atoms with E-state index < -0.39 is 0 Å². The average Bonchev–Trinajstić information content (AvgIpc) is 2.62. The van der Waals surface area contributed by atoms with Crippen LogP contribution in [-0.2, 0) is 11.3 Å². The van der Waals surface area contributed by atoms with E-state index in [9.17, 15) is 0 Å². The monoisotopic (exact) mass is 312 g/mol. The van der Waals surface area contributed by atoms with E-state index in [1.807, 2.05) is 6.20 Å². The normalized spacial score (nSPS) is 17.8. The first-order valence-corrected chi connectivity index (χ1v) is 8.27. The molecule has 5 heteroatoms. The summed E-state index contributed by atoms with van der Waals surface area (Å²) in [5, 5.41) is 0. The summed E-state index contributed by atoms with van der Waals surface area (Å²) >= 11 is 0. The zero-order chi connectivity index (χ0) is 15.7. The Morgan fingerprint density at radius 2 is 1.83 bits per heavy atom. The van der Waals surface area contributed by atoms with Crippen molar-refractivity contribution in [2.75, 3.05) is 44.3 Å². The minimum atomic E-state index is 0.732. The van der Waals surface area contributed by atoms with Crippen LogP contribution in [0.3, 0.4) is 0 Å². The summed E-state index contributed by atoms with van der Waals surface area (Å²) in [6.07, 6.45) is 6.40. The number of rotatable bonds is 3. The third-order valence-electron chi connectivity index (χ3n) is 4.08. The van der Waals surface area contributed by atoms with E-state index in [2.05, 4.69) is 50.1 Å². The van der Waals surface area contributed by atoms with Gasteiger partial charge in [-0.3, -0.25) is 9.88 Å². The zero-order valence-electron chi connectivity index (χ0n) is 13.5. The first-order valence-electron chi connectivity index (χ1n) is 8.27. The molecule has 2 heterocycles. The maximum atomic E-state index is 5.80. The van der Waals surface area contributed by atoms with E-state index in [4.69, 9.17) is 4.74 Å². The topological polar surface area (TPSA) is 41.5 Å². The number of ether oxygens (including phenoxy) is 1. The first-order chi connectivity index (χ1) is 11.4. The number of anilines is 1. The summed E-state index contributed by atoms with van der Waals surface area (Å²) in [4.78, 5) is 13.3. The smallest absolute Gasteiger partial charge is 0.147 e. The molecular weight excluding hydrogens is 288 g/mol. The van der Waals surface area contributed by atoms with Crippen LogP contribution in [0.4, 0.5) is 5.82 Å². The zero-order valence-corrected chi connectivity index (χ0v) is 13.5. The molecule has 0 amide bonds. The molecule has 5 nitrogen and oxygen atoms in total. The Balaban J connectivity index is 1.58. The van der Waals surface area contributed by atoms with E-state index in [1.54, 1.807) is 12.4 Å². The molecular formula is C18H24N4O. The Labute approximate surface area is 137 Å². The summed E-state index contributed by atoms with van der Waals surface area (Å²) in [5.41, 5.74) is 1.36. The molecule has 122 valence electrons. The van der Waals surface area contributed by atoms with Crippen molar-refractivity contribution in [3.63, 3.8) is 0 Å². The standard InChI is InChI=1S/C18H24N4O/c1-2-5-17(6-3-1)16-21-9-4-10-22(12-14-23-13-11-21)18-15-19-7-8-20-18/h1-3,5-8,15H,4,9-14,16H2. The molecule has 0 saturated carbocycles. The van der Waals surface area contributed by atoms with Gasteiger partial charge in [0.05, 0.1) is 19.4 Å². The third kappa shape index (κ3) is 5.01. The van der Waals surface area contributed by atoms with Crippen molar-refractivity contribution >= 4 is 5.82 Å². The second kappa shape index (κ2) is 8.60. The van der Waals surface area contributed by atoms with Crippen LogP contribution in [0.25, 0.3) is 0 Å². The van der Waals surface area contributed by atoms with Gasteiger partial charge in [0, 0.05) is 45.1 Å². The Hall–Kier alpha value is -1.98. The van der Waals surface area contributed by atoms with Gasteiger partial charge in [-0.25, -0.2) is 4.98 Å². The van der Waals surface area contributed by atoms with Crippen molar-refractivity contribution in [1.29, 1.82) is 0 Å². The minimum absolute atomic E-state index is 0.732. The van der Waals surface area contributed by atoms with E-state index in [1.165, 1.54) is 5.56 Å². The minimum Gasteiger partial charge on any atom is -0.378 e. The number of benzene rings is 1. The Morgan fingerprint density at radius 3 is 2.65 bits per heavy atom. The van der Waals surface area contributed by atoms with Crippen molar-refractivity contribution in [2.24, 2.45) is 0 Å². The molecule has 0 radical (unpaired) electrons. The second-order valence-corrected chi connectivity index (χ2v) is 5.78. The van der Waals surface area contributed by atoms with Crippen LogP contribution in [0.1, 0.15) is 12.0 Å². The summed E-state index contributed by atoms with van der Waals surface area (Å²) in [6.45, 7) is 6.39. The fourth-order valence-corrected chi connectivity index (χ4v) is 2.86. The molecule has 2 aromatic rings. The molecule has 1 fully saturated rings. The molecule has 1 saturated heterocycles. The van der Waals surface area contributed by atoms with E-state index >= 15 is 0 Å². The van der Waals surface area contributed by atoms with E-state index in [0.29, 0.717) is 0 Å². The van der Waals surface area contributed by atoms with Gasteiger partial charge in [0.2, 0.25) is 0 Å². The number of aromatic nitrogens is 2. The van der Waals surface area contributed by atoms with Crippen LogP contribution in [0.5, 0.6) is 0 Å². The van der Waals surface area contributed by atoms with Gasteiger partial charge in [-0.05, 0) is 12.0 Å². The highest BCUT2D eigenvalue weighted by molar-refractivity contribution is 5.34. The lowest BCUT2D eigenvalue weighted by molar-refractivity contribution is 0.100. The molecule has 0 unspecified atom stereocenters. The Kier molecular flexibility index (Phi) is 5.94. The molecule has 3 rings (SSSR count). The van der Waals surface area contributed by atoms with Gasteiger partial charge >= 0.3 is 0 Å². The van der Waals surface area contributed by atoms with Gasteiger partial charge in [0.15, 0.2) is 0 Å². The predicted molar refractivity (Wildman–Crippen MR) is 91.4 cm³/mol. The molecule has 0 spiro atoms. The first kappa shape index (κ1) is 15.9. The number of hydrogen-bond acceptors (Lipinski definition) is 5. The number of nitrogens with zero attached hydrogens (tertiary/aromatic N) is 4. The van der Waals surface area contributed by atoms with Crippen LogP contribution in [0.2, 0.25) is 0 Å². The maximum absolute atomic E-state index is 5.80.